The molecule has 0 aliphatic carbocycles. The number of benzene rings is 2. The molecule has 194 valence electrons. The molecule has 6 nitrogen and oxygen atoms in total. The van der Waals surface area contributed by atoms with Gasteiger partial charge in [-0.25, -0.2) is 0 Å². The maximum atomic E-state index is 13.7. The Hall–Kier alpha value is -3.77. The Morgan fingerprint density at radius 2 is 1.81 bits per heavy atom. The van der Waals surface area contributed by atoms with Gasteiger partial charge >= 0.3 is 6.18 Å². The number of nitrogens with zero attached hydrogens (tertiary/aromatic N) is 3. The number of alkyl halides is 3. The molecule has 1 aliphatic rings. The van der Waals surface area contributed by atoms with Crippen molar-refractivity contribution < 1.29 is 27.2 Å². The van der Waals surface area contributed by atoms with E-state index < -0.39 is 29.3 Å². The van der Waals surface area contributed by atoms with Gasteiger partial charge in [0.05, 0.1) is 56.5 Å². The topological polar surface area (TPSA) is 82.3 Å². The van der Waals surface area contributed by atoms with E-state index in [0.29, 0.717) is 28.7 Å². The second-order valence-corrected chi connectivity index (χ2v) is 10.1. The number of hydrogen-bond acceptors (Lipinski definition) is 4. The largest absolute Gasteiger partial charge is 0.416 e. The average molecular weight is 512 g/mol. The SMILES string of the molecule is CC1=NC(Cc2ccc(C#N)cc2)=C(C(=O)NCCC[N+](C)(C)C)C(=O)C1c1cccc(C(F)(F)F)c1. The predicted octanol–water partition coefficient (Wildman–Crippen LogP) is 4.41. The van der Waals surface area contributed by atoms with Gasteiger partial charge in [0.1, 0.15) is 5.57 Å². The maximum absolute atomic E-state index is 13.7. The maximum Gasteiger partial charge on any atom is 0.416 e. The fourth-order valence-electron chi connectivity index (χ4n) is 4.20. The summed E-state index contributed by atoms with van der Waals surface area (Å²) in [7, 11) is 6.09. The lowest BCUT2D eigenvalue weighted by Gasteiger charge is -2.26. The first-order chi connectivity index (χ1) is 17.3. The summed E-state index contributed by atoms with van der Waals surface area (Å²) in [4.78, 5) is 31.5. The predicted molar refractivity (Wildman–Crippen MR) is 135 cm³/mol. The highest BCUT2D eigenvalue weighted by Crippen LogP contribution is 2.35. The zero-order valence-corrected chi connectivity index (χ0v) is 21.3. The van der Waals surface area contributed by atoms with E-state index >= 15 is 0 Å². The van der Waals surface area contributed by atoms with E-state index in [9.17, 15) is 22.8 Å². The van der Waals surface area contributed by atoms with E-state index in [-0.39, 0.29) is 23.3 Å². The average Bonchev–Trinajstić information content (AvgIpc) is 2.81. The minimum atomic E-state index is -4.57. The summed E-state index contributed by atoms with van der Waals surface area (Å²) in [5.74, 6) is -2.28. The third kappa shape index (κ3) is 7.14. The minimum Gasteiger partial charge on any atom is -0.352 e. The fraction of sp³-hybridized carbons (Fsp3) is 0.357. The van der Waals surface area contributed by atoms with E-state index in [1.807, 2.05) is 27.2 Å². The molecule has 1 atom stereocenters. The lowest BCUT2D eigenvalue weighted by atomic mass is 9.82. The summed E-state index contributed by atoms with van der Waals surface area (Å²) in [5.41, 5.74) is 0.887. The summed E-state index contributed by atoms with van der Waals surface area (Å²) in [5, 5.41) is 11.8. The van der Waals surface area contributed by atoms with Gasteiger partial charge in [0, 0.05) is 25.1 Å². The van der Waals surface area contributed by atoms with Crippen LogP contribution >= 0.6 is 0 Å². The molecule has 0 saturated heterocycles. The molecule has 2 aromatic carbocycles. The van der Waals surface area contributed by atoms with Crippen molar-refractivity contribution in [2.45, 2.75) is 31.9 Å². The fourth-order valence-corrected chi connectivity index (χ4v) is 4.20. The molecule has 1 aliphatic heterocycles. The number of carbonyl (C=O) groups is 2. The van der Waals surface area contributed by atoms with Crippen molar-refractivity contribution in [3.63, 3.8) is 0 Å². The number of ketones is 1. The number of quaternary nitrogens is 1. The number of nitriles is 1. The number of halogens is 3. The molecule has 1 amide bonds. The highest BCUT2D eigenvalue weighted by atomic mass is 19.4. The van der Waals surface area contributed by atoms with Crippen LogP contribution in [0.4, 0.5) is 13.2 Å². The molecule has 0 bridgehead atoms. The molecule has 0 saturated carbocycles. The van der Waals surface area contributed by atoms with Crippen LogP contribution in [0.5, 0.6) is 0 Å². The molecular weight excluding hydrogens is 481 g/mol. The molecule has 0 radical (unpaired) electrons. The Kier molecular flexibility index (Phi) is 8.34. The van der Waals surface area contributed by atoms with Crippen molar-refractivity contribution in [2.24, 2.45) is 4.99 Å². The third-order valence-corrected chi connectivity index (χ3v) is 6.05. The van der Waals surface area contributed by atoms with Gasteiger partial charge in [-0.3, -0.25) is 14.6 Å². The van der Waals surface area contributed by atoms with Crippen molar-refractivity contribution in [3.8, 4) is 6.07 Å². The Morgan fingerprint density at radius 3 is 2.41 bits per heavy atom. The van der Waals surface area contributed by atoms with Crippen LogP contribution in [0, 0.1) is 11.3 Å². The van der Waals surface area contributed by atoms with Crippen LogP contribution < -0.4 is 5.32 Å². The van der Waals surface area contributed by atoms with Crippen LogP contribution in [0.3, 0.4) is 0 Å². The normalized spacial score (nSPS) is 16.3. The number of Topliss-reactive ketones (excluding diaryl/α,β-unsaturated/α-hetero) is 1. The molecule has 1 N–H and O–H groups in total. The zero-order chi connectivity index (χ0) is 27.4. The minimum absolute atomic E-state index is 0.133. The van der Waals surface area contributed by atoms with Crippen molar-refractivity contribution >= 4 is 17.4 Å². The summed E-state index contributed by atoms with van der Waals surface area (Å²) >= 11 is 0. The molecule has 1 unspecified atom stereocenters. The highest BCUT2D eigenvalue weighted by molar-refractivity contribution is 6.29. The van der Waals surface area contributed by atoms with Gasteiger partial charge in [-0.1, -0.05) is 30.3 Å². The third-order valence-electron chi connectivity index (χ3n) is 6.05. The van der Waals surface area contributed by atoms with Crippen molar-refractivity contribution in [3.05, 3.63) is 82.1 Å². The number of hydrogen-bond donors (Lipinski definition) is 1. The first-order valence-electron chi connectivity index (χ1n) is 11.9. The van der Waals surface area contributed by atoms with Crippen LogP contribution in [0.2, 0.25) is 0 Å². The molecular formula is C28H30F3N4O2+. The van der Waals surface area contributed by atoms with Crippen LogP contribution in [0.1, 0.15) is 41.5 Å². The van der Waals surface area contributed by atoms with Crippen LogP contribution in [-0.2, 0) is 22.2 Å². The Labute approximate surface area is 214 Å². The van der Waals surface area contributed by atoms with Gasteiger partial charge in [-0.2, -0.15) is 18.4 Å². The molecule has 2 aromatic rings. The van der Waals surface area contributed by atoms with E-state index in [1.54, 1.807) is 31.2 Å². The van der Waals surface area contributed by atoms with E-state index in [0.717, 1.165) is 24.2 Å². The summed E-state index contributed by atoms with van der Waals surface area (Å²) in [6.07, 6.45) is -3.73. The molecule has 0 fully saturated rings. The van der Waals surface area contributed by atoms with Crippen molar-refractivity contribution in [2.75, 3.05) is 34.2 Å². The van der Waals surface area contributed by atoms with Gasteiger partial charge in [0.15, 0.2) is 5.78 Å². The lowest BCUT2D eigenvalue weighted by Crippen LogP contribution is -2.39. The molecule has 9 heteroatoms. The standard InChI is InChI=1S/C28H29F3N4O2/c1-18-24(21-7-5-8-22(16-21)28(29,30)31)26(36)25(27(37)33-13-6-14-35(2,3)4)23(34-18)15-19-9-11-20(17-32)12-10-19/h5,7-12,16,24H,6,13-15H2,1-4H3/p+1. The first-order valence-corrected chi connectivity index (χ1v) is 11.9. The van der Waals surface area contributed by atoms with Crippen LogP contribution in [0.25, 0.3) is 0 Å². The monoisotopic (exact) mass is 511 g/mol. The van der Waals surface area contributed by atoms with Crippen LogP contribution in [-0.4, -0.2) is 56.1 Å². The highest BCUT2D eigenvalue weighted by Gasteiger charge is 2.38. The summed E-state index contributed by atoms with van der Waals surface area (Å²) in [6, 6.07) is 13.3. The summed E-state index contributed by atoms with van der Waals surface area (Å²) in [6.45, 7) is 2.72. The number of aliphatic imine (C=N–C) groups is 1. The van der Waals surface area contributed by atoms with Gasteiger partial charge in [0.2, 0.25) is 0 Å². The van der Waals surface area contributed by atoms with Crippen molar-refractivity contribution in [1.29, 1.82) is 5.26 Å². The lowest BCUT2D eigenvalue weighted by molar-refractivity contribution is -0.870. The molecule has 37 heavy (non-hydrogen) atoms. The number of rotatable bonds is 8. The van der Waals surface area contributed by atoms with Gasteiger partial charge < -0.3 is 9.80 Å². The molecule has 1 heterocycles. The van der Waals surface area contributed by atoms with Gasteiger partial charge in [-0.05, 0) is 36.2 Å². The number of nitrogens with one attached hydrogen (secondary N) is 1. The quantitative estimate of drug-likeness (QED) is 0.324. The van der Waals surface area contributed by atoms with Gasteiger partial charge in [-0.15, -0.1) is 0 Å². The Bertz CT molecular complexity index is 1280. The molecule has 3 rings (SSSR count). The van der Waals surface area contributed by atoms with Crippen LogP contribution in [0.15, 0.2) is 64.8 Å². The second-order valence-electron chi connectivity index (χ2n) is 10.1. The first kappa shape index (κ1) is 27.8. The van der Waals surface area contributed by atoms with E-state index in [2.05, 4.69) is 10.3 Å². The Balaban J connectivity index is 1.97. The number of allylic oxidation sites excluding steroid dienone is 1. The second kappa shape index (κ2) is 11.1. The van der Waals surface area contributed by atoms with Gasteiger partial charge in [0.25, 0.3) is 5.91 Å². The number of carbonyl (C=O) groups excluding carboxylic acids is 2. The molecule has 0 aromatic heterocycles. The summed E-state index contributed by atoms with van der Waals surface area (Å²) < 4.78 is 40.7. The molecule has 0 spiro atoms. The smallest absolute Gasteiger partial charge is 0.352 e. The Morgan fingerprint density at radius 1 is 1.14 bits per heavy atom. The van der Waals surface area contributed by atoms with E-state index in [4.69, 9.17) is 5.26 Å². The van der Waals surface area contributed by atoms with Crippen molar-refractivity contribution in [1.82, 2.24) is 5.32 Å². The van der Waals surface area contributed by atoms with E-state index in [1.165, 1.54) is 12.1 Å². The number of amides is 1. The zero-order valence-electron chi connectivity index (χ0n) is 21.3.